The van der Waals surface area contributed by atoms with Crippen LogP contribution in [0.5, 0.6) is 17.2 Å². The van der Waals surface area contributed by atoms with Gasteiger partial charge in [0, 0.05) is 12.5 Å². The van der Waals surface area contributed by atoms with Crippen LogP contribution >= 0.6 is 0 Å². The third-order valence-electron chi connectivity index (χ3n) is 3.39. The highest BCUT2D eigenvalue weighted by Crippen LogP contribution is 2.39. The number of ether oxygens (including phenoxy) is 3. The van der Waals surface area contributed by atoms with Crippen molar-refractivity contribution in [2.45, 2.75) is 32.2 Å². The highest BCUT2D eigenvalue weighted by molar-refractivity contribution is 5.54. The van der Waals surface area contributed by atoms with Gasteiger partial charge in [-0.3, -0.25) is 0 Å². The van der Waals surface area contributed by atoms with E-state index in [0.29, 0.717) is 17.2 Å². The van der Waals surface area contributed by atoms with E-state index in [1.54, 1.807) is 21.3 Å². The molecule has 1 rings (SSSR count). The summed E-state index contributed by atoms with van der Waals surface area (Å²) in [6, 6.07) is 4.14. The predicted molar refractivity (Wildman–Crippen MR) is 85.2 cm³/mol. The van der Waals surface area contributed by atoms with Crippen molar-refractivity contribution in [3.63, 3.8) is 0 Å². The van der Waals surface area contributed by atoms with E-state index in [1.165, 1.54) is 0 Å². The van der Waals surface area contributed by atoms with Gasteiger partial charge in [0.2, 0.25) is 5.75 Å². The minimum absolute atomic E-state index is 0.199. The fraction of sp³-hybridized carbons (Fsp3) is 0.529. The monoisotopic (exact) mass is 291 g/mol. The second-order valence-electron chi connectivity index (χ2n) is 4.80. The maximum Gasteiger partial charge on any atom is 0.203 e. The molecular formula is C17H25NO3. The molecule has 1 aromatic rings. The van der Waals surface area contributed by atoms with E-state index in [4.69, 9.17) is 20.6 Å². The van der Waals surface area contributed by atoms with Crippen molar-refractivity contribution < 1.29 is 14.2 Å². The molecule has 1 N–H and O–H groups in total. The lowest BCUT2D eigenvalue weighted by Gasteiger charge is -2.18. The molecule has 0 aliphatic heterocycles. The van der Waals surface area contributed by atoms with Crippen LogP contribution in [0, 0.1) is 12.3 Å². The third kappa shape index (κ3) is 4.87. The number of nitrogens with one attached hydrogen (secondary N) is 1. The van der Waals surface area contributed by atoms with E-state index in [0.717, 1.165) is 31.4 Å². The van der Waals surface area contributed by atoms with Crippen molar-refractivity contribution in [2.24, 2.45) is 0 Å². The second kappa shape index (κ2) is 9.15. The van der Waals surface area contributed by atoms with Gasteiger partial charge < -0.3 is 19.5 Å². The number of benzene rings is 1. The first-order valence-electron chi connectivity index (χ1n) is 7.14. The minimum Gasteiger partial charge on any atom is -0.493 e. The van der Waals surface area contributed by atoms with Gasteiger partial charge in [-0.1, -0.05) is 0 Å². The topological polar surface area (TPSA) is 39.7 Å². The number of methoxy groups -OCH3 is 3. The summed E-state index contributed by atoms with van der Waals surface area (Å²) in [6.07, 6.45) is 8.19. The molecule has 0 saturated carbocycles. The molecule has 4 heteroatoms. The van der Waals surface area contributed by atoms with Crippen LogP contribution in [0.25, 0.3) is 0 Å². The summed E-state index contributed by atoms with van der Waals surface area (Å²) in [5.41, 5.74) is 1.10. The molecule has 1 atom stereocenters. The lowest BCUT2D eigenvalue weighted by molar-refractivity contribution is 0.323. The summed E-state index contributed by atoms with van der Waals surface area (Å²) in [6.45, 7) is 3.04. The first-order valence-corrected chi connectivity index (χ1v) is 7.14. The summed E-state index contributed by atoms with van der Waals surface area (Å²) in [7, 11) is 4.85. The van der Waals surface area contributed by atoms with E-state index in [2.05, 4.69) is 18.2 Å². The quantitative estimate of drug-likeness (QED) is 0.560. The molecule has 21 heavy (non-hydrogen) atoms. The van der Waals surface area contributed by atoms with Crippen molar-refractivity contribution in [3.05, 3.63) is 17.7 Å². The maximum absolute atomic E-state index is 5.37. The van der Waals surface area contributed by atoms with Gasteiger partial charge in [-0.2, -0.15) is 0 Å². The molecule has 4 nitrogen and oxygen atoms in total. The summed E-state index contributed by atoms with van der Waals surface area (Å²) < 4.78 is 16.1. The molecule has 0 aromatic heterocycles. The molecule has 0 spiro atoms. The molecule has 0 heterocycles. The first-order chi connectivity index (χ1) is 10.2. The minimum atomic E-state index is 0.199. The van der Waals surface area contributed by atoms with Crippen LogP contribution < -0.4 is 19.5 Å². The van der Waals surface area contributed by atoms with Crippen LogP contribution in [0.2, 0.25) is 0 Å². The van der Waals surface area contributed by atoms with E-state index >= 15 is 0 Å². The summed E-state index contributed by atoms with van der Waals surface area (Å²) in [4.78, 5) is 0. The molecule has 0 bridgehead atoms. The molecule has 0 radical (unpaired) electrons. The number of hydrogen-bond donors (Lipinski definition) is 1. The highest BCUT2D eigenvalue weighted by atomic mass is 16.5. The molecule has 0 aliphatic rings. The van der Waals surface area contributed by atoms with Gasteiger partial charge >= 0.3 is 0 Å². The van der Waals surface area contributed by atoms with Crippen molar-refractivity contribution in [1.82, 2.24) is 5.32 Å². The smallest absolute Gasteiger partial charge is 0.203 e. The molecule has 116 valence electrons. The Balaban J connectivity index is 2.75. The summed E-state index contributed by atoms with van der Waals surface area (Å²) >= 11 is 0. The van der Waals surface area contributed by atoms with E-state index < -0.39 is 0 Å². The Morgan fingerprint density at radius 2 is 1.71 bits per heavy atom. The number of rotatable bonds is 9. The first kappa shape index (κ1) is 17.2. The molecule has 0 aliphatic carbocycles. The third-order valence-corrected chi connectivity index (χ3v) is 3.39. The van der Waals surface area contributed by atoms with E-state index in [9.17, 15) is 0 Å². The van der Waals surface area contributed by atoms with Gasteiger partial charge in [-0.15, -0.1) is 12.3 Å². The van der Waals surface area contributed by atoms with Crippen molar-refractivity contribution in [2.75, 3.05) is 27.9 Å². The van der Waals surface area contributed by atoms with Crippen LogP contribution in [0.15, 0.2) is 12.1 Å². The predicted octanol–water partition coefficient (Wildman–Crippen LogP) is 3.17. The number of unbranched alkanes of at least 4 members (excludes halogenated alkanes) is 2. The molecule has 0 amide bonds. The number of hydrogen-bond acceptors (Lipinski definition) is 4. The SMILES string of the molecule is C#CCCCCNC(C)c1cc(OC)c(OC)c(OC)c1. The largest absolute Gasteiger partial charge is 0.493 e. The van der Waals surface area contributed by atoms with Gasteiger partial charge in [0.1, 0.15) is 0 Å². The Hall–Kier alpha value is -1.86. The Morgan fingerprint density at radius 3 is 2.19 bits per heavy atom. The Bertz CT molecular complexity index is 454. The Morgan fingerprint density at radius 1 is 1.10 bits per heavy atom. The highest BCUT2D eigenvalue weighted by Gasteiger charge is 2.15. The van der Waals surface area contributed by atoms with Gasteiger partial charge in [0.05, 0.1) is 21.3 Å². The lowest BCUT2D eigenvalue weighted by Crippen LogP contribution is -2.20. The number of terminal acetylenes is 1. The fourth-order valence-corrected chi connectivity index (χ4v) is 2.14. The lowest BCUT2D eigenvalue weighted by atomic mass is 10.1. The van der Waals surface area contributed by atoms with E-state index in [1.807, 2.05) is 12.1 Å². The van der Waals surface area contributed by atoms with Crippen LogP contribution in [-0.4, -0.2) is 27.9 Å². The molecule has 1 aromatic carbocycles. The Labute approximate surface area is 127 Å². The summed E-state index contributed by atoms with van der Waals surface area (Å²) in [5.74, 6) is 4.62. The zero-order chi connectivity index (χ0) is 15.7. The van der Waals surface area contributed by atoms with Crippen LogP contribution in [0.1, 0.15) is 37.8 Å². The average Bonchev–Trinajstić information content (AvgIpc) is 2.52. The van der Waals surface area contributed by atoms with Gasteiger partial charge in [-0.25, -0.2) is 0 Å². The molecular weight excluding hydrogens is 266 g/mol. The van der Waals surface area contributed by atoms with Crippen molar-refractivity contribution in [1.29, 1.82) is 0 Å². The molecule has 0 saturated heterocycles. The second-order valence-corrected chi connectivity index (χ2v) is 4.80. The van der Waals surface area contributed by atoms with Crippen LogP contribution in [0.4, 0.5) is 0 Å². The Kier molecular flexibility index (Phi) is 7.49. The van der Waals surface area contributed by atoms with Crippen LogP contribution in [0.3, 0.4) is 0 Å². The van der Waals surface area contributed by atoms with Crippen LogP contribution in [-0.2, 0) is 0 Å². The van der Waals surface area contributed by atoms with Gasteiger partial charge in [0.25, 0.3) is 0 Å². The molecule has 0 fully saturated rings. The van der Waals surface area contributed by atoms with Crippen molar-refractivity contribution in [3.8, 4) is 29.6 Å². The van der Waals surface area contributed by atoms with Gasteiger partial charge in [-0.05, 0) is 44.0 Å². The van der Waals surface area contributed by atoms with Gasteiger partial charge in [0.15, 0.2) is 11.5 Å². The zero-order valence-corrected chi connectivity index (χ0v) is 13.4. The summed E-state index contributed by atoms with van der Waals surface area (Å²) in [5, 5.41) is 3.48. The van der Waals surface area contributed by atoms with Crippen molar-refractivity contribution >= 4 is 0 Å². The zero-order valence-electron chi connectivity index (χ0n) is 13.4. The average molecular weight is 291 g/mol. The normalized spacial score (nSPS) is 11.6. The van der Waals surface area contributed by atoms with E-state index in [-0.39, 0.29) is 6.04 Å². The standard InChI is InChI=1S/C17H25NO3/c1-6-7-8-9-10-18-13(2)14-11-15(19-3)17(21-5)16(12-14)20-4/h1,11-13,18H,7-10H2,2-5H3. The fourth-order valence-electron chi connectivity index (χ4n) is 2.14. The maximum atomic E-state index is 5.37. The molecule has 1 unspecified atom stereocenters.